The smallest absolute Gasteiger partial charge is 0.160 e. The van der Waals surface area contributed by atoms with Crippen LogP contribution in [0.15, 0.2) is 112 Å². The predicted molar refractivity (Wildman–Crippen MR) is 115 cm³/mol. The summed E-state index contributed by atoms with van der Waals surface area (Å²) in [5, 5.41) is 0.847. The highest BCUT2D eigenvalue weighted by molar-refractivity contribution is 7.99. The molecular formula is C23H18N2OS2. The van der Waals surface area contributed by atoms with E-state index in [-0.39, 0.29) is 0 Å². The minimum Gasteiger partial charge on any atom is -0.254 e. The van der Waals surface area contributed by atoms with Crippen molar-refractivity contribution in [2.75, 3.05) is 0 Å². The maximum absolute atomic E-state index is 12.8. The van der Waals surface area contributed by atoms with E-state index >= 15 is 0 Å². The standard InChI is InChI=1S/C23H18N2OS2/c26-28(21-14-8-3-9-15-21)17-19-16-22(27-20-12-6-2-7-13-20)25-23(24-19)18-10-4-1-5-11-18/h1-16H,17H2/t28-/m0/s1. The highest BCUT2D eigenvalue weighted by atomic mass is 32.2. The van der Waals surface area contributed by atoms with Crippen LogP contribution in [0.2, 0.25) is 0 Å². The van der Waals surface area contributed by atoms with Crippen molar-refractivity contribution >= 4 is 22.6 Å². The molecule has 3 nitrogen and oxygen atoms in total. The van der Waals surface area contributed by atoms with Gasteiger partial charge >= 0.3 is 0 Å². The van der Waals surface area contributed by atoms with Crippen LogP contribution in [0.3, 0.4) is 0 Å². The van der Waals surface area contributed by atoms with Crippen molar-refractivity contribution in [3.8, 4) is 11.4 Å². The molecule has 0 saturated carbocycles. The van der Waals surface area contributed by atoms with Gasteiger partial charge < -0.3 is 0 Å². The van der Waals surface area contributed by atoms with E-state index < -0.39 is 10.8 Å². The van der Waals surface area contributed by atoms with E-state index in [1.807, 2.05) is 84.9 Å². The number of hydrogen-bond acceptors (Lipinski definition) is 4. The van der Waals surface area contributed by atoms with Crippen LogP contribution in [-0.2, 0) is 16.6 Å². The highest BCUT2D eigenvalue weighted by Crippen LogP contribution is 2.28. The summed E-state index contributed by atoms with van der Waals surface area (Å²) in [4.78, 5) is 11.3. The zero-order chi connectivity index (χ0) is 19.2. The van der Waals surface area contributed by atoms with Crippen molar-refractivity contribution in [2.45, 2.75) is 20.6 Å². The van der Waals surface area contributed by atoms with Crippen LogP contribution >= 0.6 is 11.8 Å². The van der Waals surface area contributed by atoms with Crippen LogP contribution in [-0.4, -0.2) is 14.2 Å². The van der Waals surface area contributed by atoms with Gasteiger partial charge in [0, 0.05) is 15.4 Å². The van der Waals surface area contributed by atoms with Crippen molar-refractivity contribution in [1.29, 1.82) is 0 Å². The largest absolute Gasteiger partial charge is 0.254 e. The van der Waals surface area contributed by atoms with Gasteiger partial charge in [-0.15, -0.1) is 0 Å². The van der Waals surface area contributed by atoms with Gasteiger partial charge in [-0.25, -0.2) is 9.97 Å². The van der Waals surface area contributed by atoms with Crippen LogP contribution in [0, 0.1) is 0 Å². The van der Waals surface area contributed by atoms with E-state index in [9.17, 15) is 4.21 Å². The molecule has 0 unspecified atom stereocenters. The average molecular weight is 403 g/mol. The first-order chi connectivity index (χ1) is 13.8. The second-order valence-electron chi connectivity index (χ2n) is 6.11. The van der Waals surface area contributed by atoms with Gasteiger partial charge in [-0.1, -0.05) is 78.5 Å². The van der Waals surface area contributed by atoms with Gasteiger partial charge in [0.1, 0.15) is 5.03 Å². The first-order valence-electron chi connectivity index (χ1n) is 8.88. The lowest BCUT2D eigenvalue weighted by Gasteiger charge is -2.09. The Hall–Kier alpha value is -2.76. The van der Waals surface area contributed by atoms with Gasteiger partial charge in [-0.3, -0.25) is 4.21 Å². The second-order valence-corrected chi connectivity index (χ2v) is 8.65. The molecule has 0 amide bonds. The fraction of sp³-hybridized carbons (Fsp3) is 0.0435. The molecule has 0 spiro atoms. The van der Waals surface area contributed by atoms with Crippen molar-refractivity contribution in [1.82, 2.24) is 9.97 Å². The Morgan fingerprint density at radius 3 is 2.04 bits per heavy atom. The molecule has 3 aromatic carbocycles. The van der Waals surface area contributed by atoms with Gasteiger partial charge in [0.15, 0.2) is 5.82 Å². The van der Waals surface area contributed by atoms with Gasteiger partial charge in [0.2, 0.25) is 0 Å². The molecule has 0 radical (unpaired) electrons. The summed E-state index contributed by atoms with van der Waals surface area (Å²) >= 11 is 1.58. The quantitative estimate of drug-likeness (QED) is 0.394. The van der Waals surface area contributed by atoms with E-state index in [0.29, 0.717) is 11.6 Å². The van der Waals surface area contributed by atoms with Crippen LogP contribution < -0.4 is 0 Å². The predicted octanol–water partition coefficient (Wildman–Crippen LogP) is 5.60. The molecule has 0 bridgehead atoms. The van der Waals surface area contributed by atoms with Crippen LogP contribution in [0.4, 0.5) is 0 Å². The summed E-state index contributed by atoms with van der Waals surface area (Å²) in [6, 6.07) is 31.4. The molecule has 4 rings (SSSR count). The minimum absolute atomic E-state index is 0.356. The topological polar surface area (TPSA) is 42.9 Å². The van der Waals surface area contributed by atoms with Gasteiger partial charge in [0.25, 0.3) is 0 Å². The number of nitrogens with zero attached hydrogens (tertiary/aromatic N) is 2. The van der Waals surface area contributed by atoms with E-state index in [1.54, 1.807) is 11.8 Å². The minimum atomic E-state index is -1.15. The van der Waals surface area contributed by atoms with Crippen molar-refractivity contribution < 1.29 is 4.21 Å². The molecule has 5 heteroatoms. The Labute approximate surface area is 171 Å². The van der Waals surface area contributed by atoms with Gasteiger partial charge in [0.05, 0.1) is 22.2 Å². The third-order valence-electron chi connectivity index (χ3n) is 4.04. The summed E-state index contributed by atoms with van der Waals surface area (Å²) in [7, 11) is -1.15. The molecule has 28 heavy (non-hydrogen) atoms. The fourth-order valence-corrected chi connectivity index (χ4v) is 4.62. The Bertz CT molecular complexity index is 1070. The fourth-order valence-electron chi connectivity index (χ4n) is 2.71. The summed E-state index contributed by atoms with van der Waals surface area (Å²) in [6.45, 7) is 0. The van der Waals surface area contributed by atoms with Crippen LogP contribution in [0.1, 0.15) is 5.69 Å². The number of rotatable bonds is 6. The molecule has 1 aromatic heterocycles. The molecule has 138 valence electrons. The molecule has 0 aliphatic heterocycles. The molecule has 4 aromatic rings. The summed E-state index contributed by atoms with van der Waals surface area (Å²) in [5.74, 6) is 1.01. The van der Waals surface area contributed by atoms with E-state index in [4.69, 9.17) is 9.97 Å². The molecule has 0 fully saturated rings. The van der Waals surface area contributed by atoms with E-state index in [1.165, 1.54) is 0 Å². The SMILES string of the molecule is O=[S@@](Cc1cc(Sc2ccccc2)nc(-c2ccccc2)n1)c1ccccc1. The maximum atomic E-state index is 12.8. The van der Waals surface area contributed by atoms with E-state index in [0.717, 1.165) is 26.1 Å². The third kappa shape index (κ3) is 4.74. The molecule has 0 aliphatic rings. The number of hydrogen-bond donors (Lipinski definition) is 0. The highest BCUT2D eigenvalue weighted by Gasteiger charge is 2.12. The number of benzene rings is 3. The Balaban J connectivity index is 1.68. The lowest BCUT2D eigenvalue weighted by Crippen LogP contribution is -2.02. The van der Waals surface area contributed by atoms with Crippen molar-refractivity contribution in [2.24, 2.45) is 0 Å². The summed E-state index contributed by atoms with van der Waals surface area (Å²) < 4.78 is 12.8. The average Bonchev–Trinajstić information content (AvgIpc) is 2.75. The molecule has 0 aliphatic carbocycles. The van der Waals surface area contributed by atoms with E-state index in [2.05, 4.69) is 12.1 Å². The lowest BCUT2D eigenvalue weighted by molar-refractivity contribution is 0.682. The Morgan fingerprint density at radius 1 is 0.750 bits per heavy atom. The Morgan fingerprint density at radius 2 is 1.36 bits per heavy atom. The van der Waals surface area contributed by atoms with Crippen molar-refractivity contribution in [3.63, 3.8) is 0 Å². The first-order valence-corrected chi connectivity index (χ1v) is 11.0. The van der Waals surface area contributed by atoms with Crippen LogP contribution in [0.5, 0.6) is 0 Å². The summed E-state index contributed by atoms with van der Waals surface area (Å²) in [5.41, 5.74) is 1.72. The molecule has 0 saturated heterocycles. The summed E-state index contributed by atoms with van der Waals surface area (Å²) in [6.07, 6.45) is 0. The molecular weight excluding hydrogens is 384 g/mol. The molecule has 1 atom stereocenters. The lowest BCUT2D eigenvalue weighted by atomic mass is 10.2. The maximum Gasteiger partial charge on any atom is 0.160 e. The van der Waals surface area contributed by atoms with Crippen molar-refractivity contribution in [3.05, 3.63) is 103 Å². The normalized spacial score (nSPS) is 11.9. The molecule has 1 heterocycles. The Kier molecular flexibility index (Phi) is 5.95. The van der Waals surface area contributed by atoms with Gasteiger partial charge in [-0.05, 0) is 30.3 Å². The third-order valence-corrected chi connectivity index (χ3v) is 6.32. The second kappa shape index (κ2) is 8.95. The number of aromatic nitrogens is 2. The first kappa shape index (κ1) is 18.6. The zero-order valence-electron chi connectivity index (χ0n) is 15.1. The molecule has 0 N–H and O–H groups in total. The zero-order valence-corrected chi connectivity index (χ0v) is 16.7. The monoisotopic (exact) mass is 402 g/mol. The van der Waals surface area contributed by atoms with Crippen LogP contribution in [0.25, 0.3) is 11.4 Å². The van der Waals surface area contributed by atoms with Gasteiger partial charge in [-0.2, -0.15) is 0 Å².